The molecule has 2 atom stereocenters. The van der Waals surface area contributed by atoms with Crippen LogP contribution in [0.25, 0.3) is 0 Å². The van der Waals surface area contributed by atoms with Gasteiger partial charge in [-0.25, -0.2) is 16.8 Å². The van der Waals surface area contributed by atoms with E-state index >= 15 is 0 Å². The van der Waals surface area contributed by atoms with Gasteiger partial charge in [-0.15, -0.1) is 23.5 Å². The molecule has 0 aliphatic heterocycles. The molecule has 42 heavy (non-hydrogen) atoms. The summed E-state index contributed by atoms with van der Waals surface area (Å²) in [6, 6.07) is 23.3. The van der Waals surface area contributed by atoms with Gasteiger partial charge < -0.3 is 19.7 Å². The molecule has 0 aliphatic rings. The van der Waals surface area contributed by atoms with Crippen molar-refractivity contribution in [2.75, 3.05) is 11.5 Å². The van der Waals surface area contributed by atoms with Gasteiger partial charge in [0.1, 0.15) is 33.9 Å². The summed E-state index contributed by atoms with van der Waals surface area (Å²) in [5.74, 6) is 2.68. The molecular weight excluding hydrogens is 617 g/mol. The van der Waals surface area contributed by atoms with Crippen molar-refractivity contribution in [1.82, 2.24) is 0 Å². The van der Waals surface area contributed by atoms with Gasteiger partial charge in [0.05, 0.1) is 19.6 Å². The smallest absolute Gasteiger partial charge is 0.206 e. The van der Waals surface area contributed by atoms with Crippen LogP contribution in [0.5, 0.6) is 23.0 Å². The predicted octanol–water partition coefficient (Wildman–Crippen LogP) is 6.38. The van der Waals surface area contributed by atoms with E-state index in [0.717, 1.165) is 11.5 Å². The number of benzene rings is 4. The van der Waals surface area contributed by atoms with E-state index in [1.807, 2.05) is 13.8 Å². The van der Waals surface area contributed by atoms with Crippen LogP contribution in [0, 0.1) is 0 Å². The van der Waals surface area contributed by atoms with E-state index in [1.54, 1.807) is 47.8 Å². The summed E-state index contributed by atoms with van der Waals surface area (Å²) < 4.78 is 62.9. The normalized spacial score (nSPS) is 13.3. The summed E-state index contributed by atoms with van der Waals surface area (Å²) in [6.07, 6.45) is 0. The number of phenolic OH excluding ortho intramolecular Hbond substituents is 2. The summed E-state index contributed by atoms with van der Waals surface area (Å²) in [5.41, 5.74) is -0.325. The van der Waals surface area contributed by atoms with Gasteiger partial charge in [0.2, 0.25) is 19.7 Å². The zero-order valence-corrected chi connectivity index (χ0v) is 26.0. The first-order valence-corrected chi connectivity index (χ1v) is 17.9. The van der Waals surface area contributed by atoms with E-state index in [-0.39, 0.29) is 42.0 Å². The maximum absolute atomic E-state index is 12.8. The van der Waals surface area contributed by atoms with Crippen LogP contribution in [0.15, 0.2) is 117 Å². The lowest BCUT2D eigenvalue weighted by Crippen LogP contribution is -2.11. The first-order chi connectivity index (χ1) is 19.9. The second-order valence-electron chi connectivity index (χ2n) is 9.05. The van der Waals surface area contributed by atoms with Crippen LogP contribution >= 0.6 is 23.5 Å². The topological polar surface area (TPSA) is 127 Å². The lowest BCUT2D eigenvalue weighted by atomic mass is 10.3. The molecule has 0 aliphatic carbocycles. The molecule has 0 radical (unpaired) electrons. The SMILES string of the molecule is CC(Oc1ccc(S(=O)(=O)c2ccc(O)cc2)cc1)SCCSC(C)Oc1ccc(S(=O)(=O)c2ccc(O)cc2)cc1. The van der Waals surface area contributed by atoms with E-state index in [4.69, 9.17) is 9.47 Å². The third-order valence-electron chi connectivity index (χ3n) is 5.95. The van der Waals surface area contributed by atoms with Gasteiger partial charge in [-0.3, -0.25) is 0 Å². The Labute approximate surface area is 254 Å². The van der Waals surface area contributed by atoms with Crippen LogP contribution in [-0.2, 0) is 19.7 Å². The maximum atomic E-state index is 12.8. The Bertz CT molecular complexity index is 1540. The average Bonchev–Trinajstić information content (AvgIpc) is 2.96. The van der Waals surface area contributed by atoms with Crippen LogP contribution in [0.1, 0.15) is 13.8 Å². The second-order valence-corrected chi connectivity index (χ2v) is 15.8. The van der Waals surface area contributed by atoms with Gasteiger partial charge >= 0.3 is 0 Å². The van der Waals surface area contributed by atoms with Crippen LogP contribution in [0.4, 0.5) is 0 Å². The summed E-state index contributed by atoms with van der Waals surface area (Å²) in [7, 11) is -7.38. The zero-order valence-electron chi connectivity index (χ0n) is 22.8. The minimum atomic E-state index is -3.69. The fraction of sp³-hybridized carbons (Fsp3) is 0.200. The van der Waals surface area contributed by atoms with Crippen molar-refractivity contribution >= 4 is 43.2 Å². The quantitative estimate of drug-likeness (QED) is 0.125. The number of hydrogen-bond acceptors (Lipinski definition) is 10. The van der Waals surface area contributed by atoms with Crippen LogP contribution < -0.4 is 9.47 Å². The van der Waals surface area contributed by atoms with Gasteiger partial charge in [-0.05, 0) is 111 Å². The lowest BCUT2D eigenvalue weighted by Gasteiger charge is -2.17. The van der Waals surface area contributed by atoms with Crippen molar-refractivity contribution in [2.45, 2.75) is 44.3 Å². The van der Waals surface area contributed by atoms with Gasteiger partial charge in [0, 0.05) is 11.5 Å². The number of aromatic hydroxyl groups is 2. The molecule has 8 nitrogen and oxygen atoms in total. The van der Waals surface area contributed by atoms with Gasteiger partial charge in [-0.2, -0.15) is 0 Å². The highest BCUT2D eigenvalue weighted by Crippen LogP contribution is 2.28. The first-order valence-electron chi connectivity index (χ1n) is 12.8. The molecule has 4 aromatic carbocycles. The minimum absolute atomic E-state index is 0.00217. The molecule has 0 amide bonds. The van der Waals surface area contributed by atoms with Gasteiger partial charge in [0.15, 0.2) is 0 Å². The molecular formula is C30H30O8S4. The molecule has 0 saturated heterocycles. The van der Waals surface area contributed by atoms with E-state index in [2.05, 4.69) is 0 Å². The average molecular weight is 647 g/mol. The summed E-state index contributed by atoms with van der Waals surface area (Å²) in [4.78, 5) is 0.480. The summed E-state index contributed by atoms with van der Waals surface area (Å²) in [5, 5.41) is 18.8. The minimum Gasteiger partial charge on any atom is -0.508 e. The molecule has 2 N–H and O–H groups in total. The maximum Gasteiger partial charge on any atom is 0.206 e. The highest BCUT2D eigenvalue weighted by atomic mass is 32.2. The molecule has 4 rings (SSSR count). The third kappa shape index (κ3) is 8.15. The number of hydrogen-bond donors (Lipinski definition) is 2. The van der Waals surface area contributed by atoms with Gasteiger partial charge in [0.25, 0.3) is 0 Å². The number of sulfone groups is 2. The van der Waals surface area contributed by atoms with E-state index in [9.17, 15) is 27.0 Å². The van der Waals surface area contributed by atoms with Crippen molar-refractivity contribution in [3.8, 4) is 23.0 Å². The lowest BCUT2D eigenvalue weighted by molar-refractivity contribution is 0.306. The Morgan fingerprint density at radius 2 is 0.786 bits per heavy atom. The highest BCUT2D eigenvalue weighted by Gasteiger charge is 2.19. The van der Waals surface area contributed by atoms with Crippen molar-refractivity contribution in [3.05, 3.63) is 97.1 Å². The Morgan fingerprint density at radius 3 is 1.07 bits per heavy atom. The fourth-order valence-electron chi connectivity index (χ4n) is 3.80. The molecule has 4 aromatic rings. The molecule has 2 unspecified atom stereocenters. The Balaban J connectivity index is 1.20. The molecule has 222 valence electrons. The molecule has 0 spiro atoms. The Kier molecular flexibility index (Phi) is 10.4. The molecule has 0 saturated carbocycles. The number of phenols is 2. The largest absolute Gasteiger partial charge is 0.508 e. The molecule has 0 bridgehead atoms. The monoisotopic (exact) mass is 646 g/mol. The molecule has 0 aromatic heterocycles. The van der Waals surface area contributed by atoms with Crippen molar-refractivity contribution < 1.29 is 36.5 Å². The van der Waals surface area contributed by atoms with E-state index < -0.39 is 19.7 Å². The molecule has 0 fully saturated rings. The van der Waals surface area contributed by atoms with Gasteiger partial charge in [-0.1, -0.05) is 0 Å². The Morgan fingerprint density at radius 1 is 0.524 bits per heavy atom. The van der Waals surface area contributed by atoms with Crippen LogP contribution in [0.2, 0.25) is 0 Å². The van der Waals surface area contributed by atoms with E-state index in [0.29, 0.717) is 11.5 Å². The number of ether oxygens (including phenoxy) is 2. The summed E-state index contributed by atoms with van der Waals surface area (Å²) >= 11 is 3.22. The van der Waals surface area contributed by atoms with E-state index in [1.165, 1.54) is 72.8 Å². The predicted molar refractivity (Wildman–Crippen MR) is 165 cm³/mol. The standard InChI is InChI=1S/C30H30O8S4/c1-21(37-25-7-15-29(16-8-25)41(33,34)27-11-3-23(31)4-12-27)39-19-20-40-22(2)38-26-9-17-30(18-10-26)42(35,36)28-13-5-24(32)6-14-28/h3-18,21-22,31-32H,19-20H2,1-2H3. The van der Waals surface area contributed by atoms with Crippen LogP contribution in [0.3, 0.4) is 0 Å². The fourth-order valence-corrected chi connectivity index (χ4v) is 8.11. The molecule has 0 heterocycles. The first kappa shape index (κ1) is 31.6. The third-order valence-corrected chi connectivity index (χ3v) is 11.8. The molecule has 12 heteroatoms. The zero-order chi connectivity index (χ0) is 30.3. The highest BCUT2D eigenvalue weighted by molar-refractivity contribution is 8.03. The van der Waals surface area contributed by atoms with Crippen molar-refractivity contribution in [3.63, 3.8) is 0 Å². The van der Waals surface area contributed by atoms with Crippen molar-refractivity contribution in [1.29, 1.82) is 0 Å². The number of thioether (sulfide) groups is 2. The second kappa shape index (κ2) is 13.8. The number of rotatable bonds is 13. The van der Waals surface area contributed by atoms with Crippen LogP contribution in [-0.4, -0.2) is 49.4 Å². The summed E-state index contributed by atoms with van der Waals surface area (Å²) in [6.45, 7) is 3.84. The van der Waals surface area contributed by atoms with Crippen molar-refractivity contribution in [2.24, 2.45) is 0 Å². The Hall–Kier alpha value is -3.32.